The Hall–Kier alpha value is -2.30. The minimum Gasteiger partial charge on any atom is -0.494 e. The summed E-state index contributed by atoms with van der Waals surface area (Å²) in [6, 6.07) is 10.4. The van der Waals surface area contributed by atoms with Gasteiger partial charge in [0.05, 0.1) is 6.61 Å². The monoisotopic (exact) mass is 326 g/mol. The van der Waals surface area contributed by atoms with Crippen molar-refractivity contribution >= 4 is 17.5 Å². The average Bonchev–Trinajstić information content (AvgIpc) is 2.57. The summed E-state index contributed by atoms with van der Waals surface area (Å²) >= 11 is 0. The summed E-state index contributed by atoms with van der Waals surface area (Å²) < 4.78 is 5.46. The Labute approximate surface area is 143 Å². The number of aromatic nitrogens is 2. The van der Waals surface area contributed by atoms with Gasteiger partial charge >= 0.3 is 0 Å². The van der Waals surface area contributed by atoms with E-state index in [2.05, 4.69) is 20.6 Å². The van der Waals surface area contributed by atoms with Crippen molar-refractivity contribution in [3.05, 3.63) is 36.0 Å². The predicted octanol–water partition coefficient (Wildman–Crippen LogP) is 4.67. The number of ether oxygens (including phenoxy) is 1. The average molecular weight is 326 g/mol. The molecule has 1 heterocycles. The van der Waals surface area contributed by atoms with Crippen LogP contribution in [0.3, 0.4) is 0 Å². The zero-order valence-electron chi connectivity index (χ0n) is 14.5. The van der Waals surface area contributed by atoms with Gasteiger partial charge in [0.2, 0.25) is 5.95 Å². The van der Waals surface area contributed by atoms with Crippen LogP contribution in [0.5, 0.6) is 5.75 Å². The number of hydrogen-bond acceptors (Lipinski definition) is 5. The molecular formula is C19H26N4O. The van der Waals surface area contributed by atoms with Crippen molar-refractivity contribution in [2.75, 3.05) is 17.2 Å². The molecule has 2 N–H and O–H groups in total. The number of benzene rings is 1. The lowest BCUT2D eigenvalue weighted by Crippen LogP contribution is -2.23. The molecule has 1 aromatic carbocycles. The van der Waals surface area contributed by atoms with Crippen LogP contribution in [-0.2, 0) is 0 Å². The van der Waals surface area contributed by atoms with E-state index in [0.29, 0.717) is 18.6 Å². The van der Waals surface area contributed by atoms with Gasteiger partial charge in [0.15, 0.2) is 0 Å². The highest BCUT2D eigenvalue weighted by Gasteiger charge is 2.14. The number of aryl methyl sites for hydroxylation is 1. The van der Waals surface area contributed by atoms with Crippen LogP contribution in [0.1, 0.15) is 44.7 Å². The summed E-state index contributed by atoms with van der Waals surface area (Å²) in [5.74, 6) is 2.40. The molecule has 128 valence electrons. The van der Waals surface area contributed by atoms with Gasteiger partial charge < -0.3 is 15.4 Å². The van der Waals surface area contributed by atoms with Crippen molar-refractivity contribution in [1.82, 2.24) is 9.97 Å². The third-order valence-corrected chi connectivity index (χ3v) is 4.23. The second-order valence-electron chi connectivity index (χ2n) is 6.28. The van der Waals surface area contributed by atoms with Gasteiger partial charge in [-0.1, -0.05) is 19.3 Å². The molecule has 0 atom stereocenters. The Morgan fingerprint density at radius 2 is 1.83 bits per heavy atom. The molecule has 2 aromatic rings. The predicted molar refractivity (Wildman–Crippen MR) is 98.2 cm³/mol. The highest BCUT2D eigenvalue weighted by atomic mass is 16.5. The van der Waals surface area contributed by atoms with E-state index in [0.717, 1.165) is 22.9 Å². The Kier molecular flexibility index (Phi) is 5.51. The van der Waals surface area contributed by atoms with Crippen LogP contribution in [0.2, 0.25) is 0 Å². The summed E-state index contributed by atoms with van der Waals surface area (Å²) in [7, 11) is 0. The van der Waals surface area contributed by atoms with Gasteiger partial charge in [0.25, 0.3) is 0 Å². The minimum absolute atomic E-state index is 0.534. The summed E-state index contributed by atoms with van der Waals surface area (Å²) in [5, 5.41) is 6.84. The van der Waals surface area contributed by atoms with Crippen molar-refractivity contribution in [3.63, 3.8) is 0 Å². The van der Waals surface area contributed by atoms with E-state index in [-0.39, 0.29) is 0 Å². The van der Waals surface area contributed by atoms with E-state index in [1.165, 1.54) is 32.1 Å². The quantitative estimate of drug-likeness (QED) is 0.807. The second-order valence-corrected chi connectivity index (χ2v) is 6.28. The molecule has 24 heavy (non-hydrogen) atoms. The highest BCUT2D eigenvalue weighted by Crippen LogP contribution is 2.23. The van der Waals surface area contributed by atoms with Crippen molar-refractivity contribution < 1.29 is 4.74 Å². The fourth-order valence-electron chi connectivity index (χ4n) is 3.08. The highest BCUT2D eigenvalue weighted by molar-refractivity contribution is 5.56. The Morgan fingerprint density at radius 1 is 1.08 bits per heavy atom. The molecule has 0 unspecified atom stereocenters. The maximum atomic E-state index is 5.46. The lowest BCUT2D eigenvalue weighted by Gasteiger charge is -2.23. The Morgan fingerprint density at radius 3 is 2.54 bits per heavy atom. The standard InChI is InChI=1S/C19H26N4O/c1-3-24-17-11-9-16(10-12-17)22-19-20-14(2)13-18(23-19)21-15-7-5-4-6-8-15/h9-13,15H,3-8H2,1-2H3,(H2,20,21,22,23). The minimum atomic E-state index is 0.534. The molecule has 5 heteroatoms. The molecule has 0 saturated heterocycles. The van der Waals surface area contributed by atoms with E-state index < -0.39 is 0 Å². The fourth-order valence-corrected chi connectivity index (χ4v) is 3.08. The SMILES string of the molecule is CCOc1ccc(Nc2nc(C)cc(NC3CCCCC3)n2)cc1. The Bertz CT molecular complexity index is 651. The van der Waals surface area contributed by atoms with Crippen molar-refractivity contribution in [2.24, 2.45) is 0 Å². The van der Waals surface area contributed by atoms with Gasteiger partial charge in [-0.05, 0) is 51.0 Å². The van der Waals surface area contributed by atoms with Crippen LogP contribution in [0.25, 0.3) is 0 Å². The molecule has 0 aliphatic heterocycles. The molecule has 3 rings (SSSR count). The lowest BCUT2D eigenvalue weighted by molar-refractivity contribution is 0.340. The molecule has 1 saturated carbocycles. The van der Waals surface area contributed by atoms with Crippen LogP contribution in [0.4, 0.5) is 17.5 Å². The van der Waals surface area contributed by atoms with Crippen LogP contribution in [0, 0.1) is 6.92 Å². The van der Waals surface area contributed by atoms with E-state index in [1.807, 2.05) is 44.2 Å². The molecule has 1 aliphatic carbocycles. The van der Waals surface area contributed by atoms with Crippen LogP contribution in [0.15, 0.2) is 30.3 Å². The molecule has 0 spiro atoms. The van der Waals surface area contributed by atoms with E-state index in [1.54, 1.807) is 0 Å². The van der Waals surface area contributed by atoms with Gasteiger partial charge in [0, 0.05) is 23.5 Å². The van der Waals surface area contributed by atoms with Gasteiger partial charge in [-0.2, -0.15) is 4.98 Å². The van der Waals surface area contributed by atoms with Gasteiger partial charge in [-0.3, -0.25) is 0 Å². The van der Waals surface area contributed by atoms with Gasteiger partial charge in [0.1, 0.15) is 11.6 Å². The van der Waals surface area contributed by atoms with Crippen molar-refractivity contribution in [3.8, 4) is 5.75 Å². The van der Waals surface area contributed by atoms with Crippen molar-refractivity contribution in [2.45, 2.75) is 52.0 Å². The number of nitrogens with one attached hydrogen (secondary N) is 2. The Balaban J connectivity index is 1.68. The first-order chi connectivity index (χ1) is 11.7. The summed E-state index contributed by atoms with van der Waals surface area (Å²) in [6.45, 7) is 4.65. The number of anilines is 3. The first-order valence-corrected chi connectivity index (χ1v) is 8.85. The first kappa shape index (κ1) is 16.6. The third kappa shape index (κ3) is 4.60. The maximum absolute atomic E-state index is 5.46. The van der Waals surface area contributed by atoms with Gasteiger partial charge in [-0.15, -0.1) is 0 Å². The molecular weight excluding hydrogens is 300 g/mol. The largest absolute Gasteiger partial charge is 0.494 e. The van der Waals surface area contributed by atoms with Crippen molar-refractivity contribution in [1.29, 1.82) is 0 Å². The zero-order valence-corrected chi connectivity index (χ0v) is 14.5. The van der Waals surface area contributed by atoms with Crippen LogP contribution in [-0.4, -0.2) is 22.6 Å². The summed E-state index contributed by atoms with van der Waals surface area (Å²) in [5.41, 5.74) is 1.91. The number of hydrogen-bond donors (Lipinski definition) is 2. The van der Waals surface area contributed by atoms with E-state index in [9.17, 15) is 0 Å². The summed E-state index contributed by atoms with van der Waals surface area (Å²) in [6.07, 6.45) is 6.42. The first-order valence-electron chi connectivity index (χ1n) is 8.85. The smallest absolute Gasteiger partial charge is 0.229 e. The number of nitrogens with zero attached hydrogens (tertiary/aromatic N) is 2. The molecule has 5 nitrogen and oxygen atoms in total. The zero-order chi connectivity index (χ0) is 16.8. The van der Waals surface area contributed by atoms with Crippen LogP contribution >= 0.6 is 0 Å². The lowest BCUT2D eigenvalue weighted by atomic mass is 9.95. The van der Waals surface area contributed by atoms with Gasteiger partial charge in [-0.25, -0.2) is 4.98 Å². The maximum Gasteiger partial charge on any atom is 0.229 e. The second kappa shape index (κ2) is 7.99. The molecule has 1 fully saturated rings. The number of rotatable bonds is 6. The van der Waals surface area contributed by atoms with E-state index in [4.69, 9.17) is 4.74 Å². The normalized spacial score (nSPS) is 15.1. The fraction of sp³-hybridized carbons (Fsp3) is 0.474. The molecule has 1 aliphatic rings. The third-order valence-electron chi connectivity index (χ3n) is 4.23. The van der Waals surface area contributed by atoms with E-state index >= 15 is 0 Å². The molecule has 1 aromatic heterocycles. The molecule has 0 bridgehead atoms. The molecule has 0 radical (unpaired) electrons. The van der Waals surface area contributed by atoms with Crippen LogP contribution < -0.4 is 15.4 Å². The topological polar surface area (TPSA) is 59.1 Å². The molecule has 0 amide bonds. The summed E-state index contributed by atoms with van der Waals surface area (Å²) in [4.78, 5) is 9.10.